The van der Waals surface area contributed by atoms with E-state index in [0.717, 1.165) is 11.1 Å². The molecule has 2 nitrogen and oxygen atoms in total. The topological polar surface area (TPSA) is 46.8 Å². The standard InChI is InChI=1S/C10H8BrNO.Li/c1-7-2-4-8(5-3-7)10(11)9(13)6-12;/h2-5,13H,1H3;/q;+1/p-1/b10-9-;. The third kappa shape index (κ3) is 3.23. The van der Waals surface area contributed by atoms with Gasteiger partial charge in [-0.15, -0.1) is 0 Å². The van der Waals surface area contributed by atoms with Crippen molar-refractivity contribution >= 4 is 20.4 Å². The molecule has 1 rings (SSSR count). The summed E-state index contributed by atoms with van der Waals surface area (Å²) in [7, 11) is 0. The molecular weight excluding hydrogens is 237 g/mol. The zero-order valence-corrected chi connectivity index (χ0v) is 9.63. The molecule has 0 aliphatic heterocycles. The largest absolute Gasteiger partial charge is 1.00 e. The van der Waals surface area contributed by atoms with Crippen molar-refractivity contribution in [2.45, 2.75) is 6.92 Å². The number of hydrogen-bond acceptors (Lipinski definition) is 2. The molecule has 0 bridgehead atoms. The molecule has 0 aliphatic carbocycles. The van der Waals surface area contributed by atoms with Crippen LogP contribution in [0.2, 0.25) is 0 Å². The Labute approximate surface area is 104 Å². The molecule has 0 saturated carbocycles. The van der Waals surface area contributed by atoms with E-state index in [2.05, 4.69) is 15.9 Å². The Hall–Kier alpha value is -0.673. The van der Waals surface area contributed by atoms with Crippen LogP contribution >= 0.6 is 15.9 Å². The quantitative estimate of drug-likeness (QED) is 0.359. The van der Waals surface area contributed by atoms with Gasteiger partial charge in [0, 0.05) is 4.48 Å². The molecule has 14 heavy (non-hydrogen) atoms. The van der Waals surface area contributed by atoms with Gasteiger partial charge in [-0.3, -0.25) is 0 Å². The van der Waals surface area contributed by atoms with Gasteiger partial charge in [0.15, 0.2) is 0 Å². The first kappa shape index (κ1) is 13.3. The molecule has 0 atom stereocenters. The van der Waals surface area contributed by atoms with Crippen molar-refractivity contribution in [3.05, 3.63) is 41.2 Å². The van der Waals surface area contributed by atoms with E-state index >= 15 is 0 Å². The smallest absolute Gasteiger partial charge is 0.864 e. The van der Waals surface area contributed by atoms with Gasteiger partial charge in [-0.25, -0.2) is 0 Å². The Morgan fingerprint density at radius 1 is 1.36 bits per heavy atom. The van der Waals surface area contributed by atoms with Gasteiger partial charge < -0.3 is 5.11 Å². The molecule has 1 aromatic carbocycles. The Balaban J connectivity index is 0.00000169. The van der Waals surface area contributed by atoms with Crippen LogP contribution in [0.5, 0.6) is 0 Å². The maximum Gasteiger partial charge on any atom is 1.00 e. The molecule has 0 N–H and O–H groups in total. The van der Waals surface area contributed by atoms with Crippen LogP contribution in [0, 0.1) is 18.3 Å². The summed E-state index contributed by atoms with van der Waals surface area (Å²) in [6.07, 6.45) is 0. The molecule has 0 radical (unpaired) electrons. The SMILES string of the molecule is Cc1ccc(/C(Br)=C(/[O-])C#N)cc1.[Li+]. The third-order valence-corrected chi connectivity index (χ3v) is 2.42. The van der Waals surface area contributed by atoms with Crippen LogP contribution in [0.3, 0.4) is 0 Å². The third-order valence-electron chi connectivity index (χ3n) is 1.61. The van der Waals surface area contributed by atoms with E-state index in [4.69, 9.17) is 5.26 Å². The number of hydrogen-bond donors (Lipinski definition) is 0. The van der Waals surface area contributed by atoms with Gasteiger partial charge in [0.05, 0.1) is 6.07 Å². The molecule has 0 aromatic heterocycles. The number of aryl methyl sites for hydroxylation is 1. The van der Waals surface area contributed by atoms with Crippen molar-refractivity contribution in [3.63, 3.8) is 0 Å². The molecule has 0 spiro atoms. The van der Waals surface area contributed by atoms with E-state index in [9.17, 15) is 5.11 Å². The maximum atomic E-state index is 11.0. The molecule has 0 amide bonds. The van der Waals surface area contributed by atoms with Gasteiger partial charge in [0.1, 0.15) is 0 Å². The van der Waals surface area contributed by atoms with Crippen molar-refractivity contribution in [2.24, 2.45) is 0 Å². The number of rotatable bonds is 1. The fourth-order valence-corrected chi connectivity index (χ4v) is 1.23. The van der Waals surface area contributed by atoms with E-state index < -0.39 is 5.76 Å². The summed E-state index contributed by atoms with van der Waals surface area (Å²) in [4.78, 5) is 0. The molecule has 0 saturated heterocycles. The maximum absolute atomic E-state index is 11.0. The number of halogens is 1. The second kappa shape index (κ2) is 5.93. The summed E-state index contributed by atoms with van der Waals surface area (Å²) in [6.45, 7) is 1.96. The molecule has 0 unspecified atom stereocenters. The molecular formula is C10H7BrLiNO. The molecule has 0 aliphatic rings. The van der Waals surface area contributed by atoms with Crippen molar-refractivity contribution in [1.82, 2.24) is 0 Å². The number of nitrogens with zero attached hydrogens (tertiary/aromatic N) is 1. The van der Waals surface area contributed by atoms with Crippen LogP contribution < -0.4 is 24.0 Å². The van der Waals surface area contributed by atoms with Gasteiger partial charge in [-0.2, -0.15) is 5.26 Å². The second-order valence-electron chi connectivity index (χ2n) is 2.62. The first-order valence-electron chi connectivity index (χ1n) is 3.69. The zero-order valence-electron chi connectivity index (χ0n) is 8.04. The molecule has 0 fully saturated rings. The van der Waals surface area contributed by atoms with Gasteiger partial charge >= 0.3 is 18.9 Å². The van der Waals surface area contributed by atoms with E-state index in [1.807, 2.05) is 19.1 Å². The summed E-state index contributed by atoms with van der Waals surface area (Å²) >= 11 is 3.08. The number of benzene rings is 1. The van der Waals surface area contributed by atoms with Crippen molar-refractivity contribution in [3.8, 4) is 6.07 Å². The van der Waals surface area contributed by atoms with Crippen molar-refractivity contribution in [2.75, 3.05) is 0 Å². The first-order valence-corrected chi connectivity index (χ1v) is 4.48. The fraction of sp³-hybridized carbons (Fsp3) is 0.100. The summed E-state index contributed by atoms with van der Waals surface area (Å²) in [5.74, 6) is -0.552. The Kier molecular flexibility index (Phi) is 5.65. The van der Waals surface area contributed by atoms with Gasteiger partial charge in [0.25, 0.3) is 0 Å². The van der Waals surface area contributed by atoms with Crippen LogP contribution in [0.4, 0.5) is 0 Å². The minimum Gasteiger partial charge on any atom is -0.864 e. The average Bonchev–Trinajstić information content (AvgIpc) is 2.17. The molecule has 1 aromatic rings. The number of nitriles is 1. The minimum atomic E-state index is -0.552. The van der Waals surface area contributed by atoms with Gasteiger partial charge in [-0.1, -0.05) is 45.8 Å². The second-order valence-corrected chi connectivity index (χ2v) is 3.41. The number of allylic oxidation sites excluding steroid dienone is 1. The minimum absolute atomic E-state index is 0. The van der Waals surface area contributed by atoms with Crippen LogP contribution in [-0.4, -0.2) is 0 Å². The van der Waals surface area contributed by atoms with E-state index in [1.54, 1.807) is 18.2 Å². The summed E-state index contributed by atoms with van der Waals surface area (Å²) in [5, 5.41) is 19.3. The first-order chi connectivity index (χ1) is 6.15. The predicted octanol–water partition coefficient (Wildman–Crippen LogP) is -1.05. The predicted molar refractivity (Wildman–Crippen MR) is 52.6 cm³/mol. The van der Waals surface area contributed by atoms with Crippen LogP contribution in [0.1, 0.15) is 11.1 Å². The van der Waals surface area contributed by atoms with Crippen LogP contribution in [0.25, 0.3) is 4.48 Å². The van der Waals surface area contributed by atoms with E-state index in [1.165, 1.54) is 0 Å². The average molecular weight is 244 g/mol. The molecule has 66 valence electrons. The van der Waals surface area contributed by atoms with Crippen molar-refractivity contribution in [1.29, 1.82) is 5.26 Å². The normalized spacial score (nSPS) is 10.9. The summed E-state index contributed by atoms with van der Waals surface area (Å²) in [6, 6.07) is 8.94. The van der Waals surface area contributed by atoms with Gasteiger partial charge in [0.2, 0.25) is 0 Å². The van der Waals surface area contributed by atoms with Crippen LogP contribution in [0.15, 0.2) is 30.0 Å². The van der Waals surface area contributed by atoms with Crippen LogP contribution in [-0.2, 0) is 0 Å². The monoisotopic (exact) mass is 243 g/mol. The Morgan fingerprint density at radius 3 is 2.29 bits per heavy atom. The van der Waals surface area contributed by atoms with Gasteiger partial charge in [-0.05, 0) is 18.2 Å². The summed E-state index contributed by atoms with van der Waals surface area (Å²) < 4.78 is 0.315. The van der Waals surface area contributed by atoms with E-state index in [-0.39, 0.29) is 18.9 Å². The fourth-order valence-electron chi connectivity index (χ4n) is 0.880. The molecule has 4 heteroatoms. The molecule has 0 heterocycles. The Bertz CT molecular complexity index is 378. The van der Waals surface area contributed by atoms with E-state index in [0.29, 0.717) is 4.48 Å². The van der Waals surface area contributed by atoms with Crippen molar-refractivity contribution < 1.29 is 24.0 Å². The zero-order chi connectivity index (χ0) is 9.84. The summed E-state index contributed by atoms with van der Waals surface area (Å²) in [5.41, 5.74) is 1.85. The Morgan fingerprint density at radius 2 is 1.86 bits per heavy atom.